The molecule has 0 heterocycles. The molecule has 0 atom stereocenters. The number of aliphatic hydroxyl groups is 1. The van der Waals surface area contributed by atoms with Crippen LogP contribution in [0.4, 0.5) is 5.69 Å². The predicted octanol–water partition coefficient (Wildman–Crippen LogP) is 2.16. The van der Waals surface area contributed by atoms with E-state index in [1.165, 1.54) is 0 Å². The first-order valence-electron chi connectivity index (χ1n) is 5.97. The molecule has 0 aliphatic carbocycles. The van der Waals surface area contributed by atoms with E-state index in [1.54, 1.807) is 30.1 Å². The minimum atomic E-state index is -0.104. The third-order valence-corrected chi connectivity index (χ3v) is 2.98. The van der Waals surface area contributed by atoms with Gasteiger partial charge in [0.25, 0.3) is 5.91 Å². The molecule has 0 unspecified atom stereocenters. The first-order valence-corrected chi connectivity index (χ1v) is 6.35. The Morgan fingerprint density at radius 2 is 2.11 bits per heavy atom. The van der Waals surface area contributed by atoms with Gasteiger partial charge < -0.3 is 15.7 Å². The van der Waals surface area contributed by atoms with E-state index in [9.17, 15) is 4.79 Å². The largest absolute Gasteiger partial charge is 0.398 e. The van der Waals surface area contributed by atoms with Gasteiger partial charge in [0.15, 0.2) is 0 Å². The van der Waals surface area contributed by atoms with E-state index < -0.39 is 0 Å². The van der Waals surface area contributed by atoms with E-state index in [4.69, 9.17) is 22.4 Å². The number of benzene rings is 1. The Bertz CT molecular complexity index is 410. The lowest BCUT2D eigenvalue weighted by Gasteiger charge is -2.18. The first kappa shape index (κ1) is 14.8. The maximum Gasteiger partial charge on any atom is 0.255 e. The molecule has 0 fully saturated rings. The molecule has 4 nitrogen and oxygen atoms in total. The summed E-state index contributed by atoms with van der Waals surface area (Å²) in [6.07, 6.45) is 2.55. The number of unbranched alkanes of at least 4 members (excludes halogenated alkanes) is 2. The Kier molecular flexibility index (Phi) is 5.95. The van der Waals surface area contributed by atoms with E-state index in [-0.39, 0.29) is 12.5 Å². The number of nitrogens with two attached hydrogens (primary N) is 1. The highest BCUT2D eigenvalue weighted by atomic mass is 35.5. The lowest BCUT2D eigenvalue weighted by atomic mass is 10.1. The highest BCUT2D eigenvalue weighted by molar-refractivity contribution is 6.31. The second-order valence-electron chi connectivity index (χ2n) is 4.24. The minimum absolute atomic E-state index is 0.104. The molecule has 0 aromatic heterocycles. The van der Waals surface area contributed by atoms with Crippen LogP contribution in [0.25, 0.3) is 0 Å². The van der Waals surface area contributed by atoms with Gasteiger partial charge in [-0.1, -0.05) is 11.6 Å². The molecule has 0 bridgehead atoms. The lowest BCUT2D eigenvalue weighted by Crippen LogP contribution is -2.28. The van der Waals surface area contributed by atoms with Crippen LogP contribution in [0.2, 0.25) is 5.02 Å². The molecule has 5 heteroatoms. The SMILES string of the molecule is CN(CCCCCO)C(=O)c1ccc(Cl)cc1N. The van der Waals surface area contributed by atoms with Gasteiger partial charge in [0, 0.05) is 30.9 Å². The van der Waals surface area contributed by atoms with Gasteiger partial charge in [0.1, 0.15) is 0 Å². The van der Waals surface area contributed by atoms with Gasteiger partial charge in [-0.2, -0.15) is 0 Å². The maximum absolute atomic E-state index is 12.1. The number of hydrogen-bond donors (Lipinski definition) is 2. The molecule has 1 rings (SSSR count). The highest BCUT2D eigenvalue weighted by Crippen LogP contribution is 2.19. The molecule has 0 saturated heterocycles. The third kappa shape index (κ3) is 4.20. The summed E-state index contributed by atoms with van der Waals surface area (Å²) in [7, 11) is 1.75. The van der Waals surface area contributed by atoms with Crippen molar-refractivity contribution < 1.29 is 9.90 Å². The number of hydrogen-bond acceptors (Lipinski definition) is 3. The lowest BCUT2D eigenvalue weighted by molar-refractivity contribution is 0.0793. The van der Waals surface area contributed by atoms with Crippen LogP contribution in [0.5, 0.6) is 0 Å². The standard InChI is InChI=1S/C13H19ClN2O2/c1-16(7-3-2-4-8-17)13(18)11-6-5-10(14)9-12(11)15/h5-6,9,17H,2-4,7-8,15H2,1H3. The van der Waals surface area contributed by atoms with Crippen molar-refractivity contribution in [3.63, 3.8) is 0 Å². The monoisotopic (exact) mass is 270 g/mol. The number of carbonyl (C=O) groups is 1. The zero-order valence-corrected chi connectivity index (χ0v) is 11.3. The molecular weight excluding hydrogens is 252 g/mol. The molecule has 0 aliphatic heterocycles. The van der Waals surface area contributed by atoms with Gasteiger partial charge in [-0.05, 0) is 37.5 Å². The van der Waals surface area contributed by atoms with Crippen molar-refractivity contribution in [3.8, 4) is 0 Å². The predicted molar refractivity (Wildman–Crippen MR) is 73.8 cm³/mol. The molecule has 3 N–H and O–H groups in total. The van der Waals surface area contributed by atoms with Crippen LogP contribution in [0.3, 0.4) is 0 Å². The van der Waals surface area contributed by atoms with E-state index in [0.717, 1.165) is 19.3 Å². The Morgan fingerprint density at radius 1 is 1.39 bits per heavy atom. The van der Waals surface area contributed by atoms with Crippen LogP contribution in [-0.2, 0) is 0 Å². The number of amides is 1. The van der Waals surface area contributed by atoms with Crippen LogP contribution >= 0.6 is 11.6 Å². The van der Waals surface area contributed by atoms with Gasteiger partial charge in [-0.15, -0.1) is 0 Å². The van der Waals surface area contributed by atoms with Crippen LogP contribution in [0.15, 0.2) is 18.2 Å². The van der Waals surface area contributed by atoms with Crippen molar-refractivity contribution >= 4 is 23.2 Å². The summed E-state index contributed by atoms with van der Waals surface area (Å²) in [5, 5.41) is 9.19. The number of halogens is 1. The number of rotatable bonds is 6. The second-order valence-corrected chi connectivity index (χ2v) is 4.68. The topological polar surface area (TPSA) is 66.6 Å². The number of nitrogen functional groups attached to an aromatic ring is 1. The van der Waals surface area contributed by atoms with Crippen LogP contribution in [0, 0.1) is 0 Å². The fraction of sp³-hybridized carbons (Fsp3) is 0.462. The Hall–Kier alpha value is -1.26. The first-order chi connectivity index (χ1) is 8.56. The van der Waals surface area contributed by atoms with Crippen molar-refractivity contribution in [1.82, 2.24) is 4.90 Å². The zero-order valence-electron chi connectivity index (χ0n) is 10.5. The average molecular weight is 271 g/mol. The van der Waals surface area contributed by atoms with Gasteiger partial charge in [-0.3, -0.25) is 4.79 Å². The molecular formula is C13H19ClN2O2. The minimum Gasteiger partial charge on any atom is -0.398 e. The zero-order chi connectivity index (χ0) is 13.5. The third-order valence-electron chi connectivity index (χ3n) is 2.74. The molecule has 0 saturated carbocycles. The van der Waals surface area contributed by atoms with Crippen LogP contribution in [0.1, 0.15) is 29.6 Å². The van der Waals surface area contributed by atoms with E-state index >= 15 is 0 Å². The van der Waals surface area contributed by atoms with Gasteiger partial charge in [0.05, 0.1) is 5.56 Å². The molecule has 18 heavy (non-hydrogen) atoms. The van der Waals surface area contributed by atoms with Gasteiger partial charge in [0.2, 0.25) is 0 Å². The van der Waals surface area contributed by atoms with Gasteiger partial charge >= 0.3 is 0 Å². The van der Waals surface area contributed by atoms with Crippen molar-refractivity contribution in [2.45, 2.75) is 19.3 Å². The average Bonchev–Trinajstić information content (AvgIpc) is 2.33. The van der Waals surface area contributed by atoms with Crippen LogP contribution < -0.4 is 5.73 Å². The summed E-state index contributed by atoms with van der Waals surface area (Å²) in [6.45, 7) is 0.850. The quantitative estimate of drug-likeness (QED) is 0.615. The number of aliphatic hydroxyl groups excluding tert-OH is 1. The molecule has 0 radical (unpaired) electrons. The highest BCUT2D eigenvalue weighted by Gasteiger charge is 2.14. The Balaban J connectivity index is 2.57. The molecule has 0 aliphatic rings. The molecule has 1 aromatic rings. The Labute approximate surface area is 112 Å². The summed E-state index contributed by atoms with van der Waals surface area (Å²) in [5.74, 6) is -0.104. The summed E-state index contributed by atoms with van der Waals surface area (Å²) in [4.78, 5) is 13.7. The van der Waals surface area contributed by atoms with Crippen molar-refractivity contribution in [3.05, 3.63) is 28.8 Å². The van der Waals surface area contributed by atoms with Crippen molar-refractivity contribution in [2.24, 2.45) is 0 Å². The molecule has 1 amide bonds. The summed E-state index contributed by atoms with van der Waals surface area (Å²) in [5.41, 5.74) is 6.65. The second kappa shape index (κ2) is 7.24. The molecule has 1 aromatic carbocycles. The summed E-state index contributed by atoms with van der Waals surface area (Å²) >= 11 is 5.79. The van der Waals surface area contributed by atoms with Crippen molar-refractivity contribution in [1.29, 1.82) is 0 Å². The number of anilines is 1. The number of carbonyl (C=O) groups excluding carboxylic acids is 1. The maximum atomic E-state index is 12.1. The van der Waals surface area contributed by atoms with E-state index in [0.29, 0.717) is 22.8 Å². The Morgan fingerprint density at radius 3 is 2.72 bits per heavy atom. The molecule has 0 spiro atoms. The number of nitrogens with zero attached hydrogens (tertiary/aromatic N) is 1. The van der Waals surface area contributed by atoms with E-state index in [2.05, 4.69) is 0 Å². The van der Waals surface area contributed by atoms with Crippen LogP contribution in [-0.4, -0.2) is 36.1 Å². The normalized spacial score (nSPS) is 10.4. The summed E-state index contributed by atoms with van der Waals surface area (Å²) < 4.78 is 0. The fourth-order valence-corrected chi connectivity index (χ4v) is 1.85. The van der Waals surface area contributed by atoms with Crippen molar-refractivity contribution in [2.75, 3.05) is 25.9 Å². The molecule has 100 valence electrons. The summed E-state index contributed by atoms with van der Waals surface area (Å²) in [6, 6.07) is 4.88. The van der Waals surface area contributed by atoms with E-state index in [1.807, 2.05) is 0 Å². The smallest absolute Gasteiger partial charge is 0.255 e. The van der Waals surface area contributed by atoms with Gasteiger partial charge in [-0.25, -0.2) is 0 Å². The fourth-order valence-electron chi connectivity index (χ4n) is 1.67.